The van der Waals surface area contributed by atoms with Gasteiger partial charge in [-0.2, -0.15) is 0 Å². The minimum absolute atomic E-state index is 0.477. The zero-order valence-corrected chi connectivity index (χ0v) is 30.3. The van der Waals surface area contributed by atoms with Gasteiger partial charge in [0.15, 0.2) is 0 Å². The van der Waals surface area contributed by atoms with Crippen LogP contribution in [-0.2, 0) is 52.1 Å². The molecule has 1 aromatic rings. The first kappa shape index (κ1) is 45.4. The lowest BCUT2D eigenvalue weighted by Gasteiger charge is -2.09. The van der Waals surface area contributed by atoms with E-state index in [1.165, 1.54) is 32.1 Å². The van der Waals surface area contributed by atoms with E-state index in [-0.39, 0.29) is 0 Å². The fourth-order valence-corrected chi connectivity index (χ4v) is 4.07. The molecule has 2 N–H and O–H groups in total. The van der Waals surface area contributed by atoms with Gasteiger partial charge >= 0.3 is 0 Å². The van der Waals surface area contributed by atoms with E-state index in [1.54, 1.807) is 12.1 Å². The van der Waals surface area contributed by atoms with E-state index < -0.39 is 0 Å². The third-order valence-electron chi connectivity index (χ3n) is 6.74. The second-order valence-electron chi connectivity index (χ2n) is 10.9. The maximum atomic E-state index is 5.64. The Kier molecular flexibility index (Phi) is 36.3. The quantitative estimate of drug-likeness (QED) is 0.0771. The lowest BCUT2D eigenvalue weighted by atomic mass is 10.1. The summed E-state index contributed by atoms with van der Waals surface area (Å²) in [5, 5.41) is 0. The number of rotatable bonds is 41. The van der Waals surface area contributed by atoms with Crippen LogP contribution in [-0.4, -0.2) is 152 Å². The molecule has 0 saturated heterocycles. The lowest BCUT2D eigenvalue weighted by Crippen LogP contribution is -2.15. The lowest BCUT2D eigenvalue weighted by molar-refractivity contribution is -0.0277. The molecule has 0 saturated carbocycles. The predicted octanol–water partition coefficient (Wildman–Crippen LogP) is 4.19. The number of ether oxygens (including phenoxy) is 12. The van der Waals surface area contributed by atoms with Crippen molar-refractivity contribution in [2.24, 2.45) is 0 Å². The van der Waals surface area contributed by atoms with E-state index in [0.29, 0.717) is 151 Å². The largest absolute Gasteiger partial charge is 0.491 e. The number of benzene rings is 1. The van der Waals surface area contributed by atoms with Crippen LogP contribution in [0, 0.1) is 0 Å². The molecule has 0 unspecified atom stereocenters. The second kappa shape index (κ2) is 39.2. The molecule has 0 fully saturated rings. The standard InChI is InChI=1S/C36H67NO12/c1-2-3-4-5-6-7-12-38-13-14-39-15-16-40-17-18-41-19-20-42-21-22-43-23-24-44-25-26-45-27-28-46-29-30-47-31-32-48-33-34-49-36-10-8-35(37)9-11-36/h8-11H,2-7,12-34,37H2,1H3. The van der Waals surface area contributed by atoms with E-state index >= 15 is 0 Å². The van der Waals surface area contributed by atoms with Gasteiger partial charge in [-0.05, 0) is 30.7 Å². The van der Waals surface area contributed by atoms with E-state index in [4.69, 9.17) is 62.6 Å². The molecule has 1 aromatic carbocycles. The third kappa shape index (κ3) is 36.0. The van der Waals surface area contributed by atoms with Crippen molar-refractivity contribution in [3.8, 4) is 5.75 Å². The SMILES string of the molecule is CCCCCCCCOCCOCCOCCOCCOCCOCCOCCOCCOCCOCCOCCOc1ccc(N)cc1. The Bertz CT molecular complexity index is 762. The van der Waals surface area contributed by atoms with Gasteiger partial charge in [0, 0.05) is 12.3 Å². The van der Waals surface area contributed by atoms with Gasteiger partial charge in [0.2, 0.25) is 0 Å². The van der Waals surface area contributed by atoms with Gasteiger partial charge in [0.25, 0.3) is 0 Å². The predicted molar refractivity (Wildman–Crippen MR) is 189 cm³/mol. The molecular formula is C36H67NO12. The molecule has 0 radical (unpaired) electrons. The van der Waals surface area contributed by atoms with E-state index in [2.05, 4.69) is 6.92 Å². The normalized spacial score (nSPS) is 11.4. The molecular weight excluding hydrogens is 638 g/mol. The zero-order chi connectivity index (χ0) is 35.0. The molecule has 0 heterocycles. The van der Waals surface area contributed by atoms with Crippen LogP contribution < -0.4 is 10.5 Å². The van der Waals surface area contributed by atoms with Crippen LogP contribution in [0.4, 0.5) is 5.69 Å². The molecule has 0 spiro atoms. The minimum atomic E-state index is 0.477. The maximum absolute atomic E-state index is 5.64. The highest BCUT2D eigenvalue weighted by atomic mass is 16.6. The molecule has 0 amide bonds. The zero-order valence-electron chi connectivity index (χ0n) is 30.3. The number of anilines is 1. The topological polar surface area (TPSA) is 137 Å². The Balaban J connectivity index is 1.61. The molecule has 0 atom stereocenters. The first-order chi connectivity index (χ1) is 24.3. The summed E-state index contributed by atoms with van der Waals surface area (Å²) in [5.41, 5.74) is 6.36. The van der Waals surface area contributed by atoms with Crippen LogP contribution in [0.25, 0.3) is 0 Å². The van der Waals surface area contributed by atoms with E-state index in [9.17, 15) is 0 Å². The fraction of sp³-hybridized carbons (Fsp3) is 0.833. The molecule has 0 aliphatic carbocycles. The maximum Gasteiger partial charge on any atom is 0.119 e. The van der Waals surface area contributed by atoms with Gasteiger partial charge in [0.1, 0.15) is 12.4 Å². The Hall–Kier alpha value is -1.62. The van der Waals surface area contributed by atoms with Crippen molar-refractivity contribution in [3.05, 3.63) is 24.3 Å². The minimum Gasteiger partial charge on any atom is -0.491 e. The van der Waals surface area contributed by atoms with Crippen molar-refractivity contribution >= 4 is 5.69 Å². The summed E-state index contributed by atoms with van der Waals surface area (Å²) in [7, 11) is 0. The molecule has 49 heavy (non-hydrogen) atoms. The smallest absolute Gasteiger partial charge is 0.119 e. The highest BCUT2D eigenvalue weighted by Crippen LogP contribution is 2.12. The summed E-state index contributed by atoms with van der Waals surface area (Å²) in [6, 6.07) is 7.27. The van der Waals surface area contributed by atoms with Crippen molar-refractivity contribution in [2.45, 2.75) is 45.4 Å². The fourth-order valence-electron chi connectivity index (χ4n) is 4.07. The summed E-state index contributed by atoms with van der Waals surface area (Å²) in [6.07, 6.45) is 7.68. The number of nitrogen functional groups attached to an aromatic ring is 1. The van der Waals surface area contributed by atoms with Crippen LogP contribution in [0.5, 0.6) is 5.75 Å². The Morgan fingerprint density at radius 2 is 0.592 bits per heavy atom. The van der Waals surface area contributed by atoms with Crippen molar-refractivity contribution in [2.75, 3.05) is 158 Å². The molecule has 13 heteroatoms. The summed E-state index contributed by atoms with van der Waals surface area (Å²) >= 11 is 0. The van der Waals surface area contributed by atoms with Crippen molar-refractivity contribution < 1.29 is 56.8 Å². The highest BCUT2D eigenvalue weighted by molar-refractivity contribution is 5.41. The molecule has 0 aliphatic rings. The summed E-state index contributed by atoms with van der Waals surface area (Å²) in [5.74, 6) is 0.773. The van der Waals surface area contributed by atoms with Crippen LogP contribution >= 0.6 is 0 Å². The van der Waals surface area contributed by atoms with E-state index in [1.807, 2.05) is 12.1 Å². The Labute approximate surface area is 295 Å². The van der Waals surface area contributed by atoms with Gasteiger partial charge in [-0.3, -0.25) is 0 Å². The van der Waals surface area contributed by atoms with Crippen LogP contribution in [0.3, 0.4) is 0 Å². The second-order valence-corrected chi connectivity index (χ2v) is 10.9. The van der Waals surface area contributed by atoms with Gasteiger partial charge in [-0.25, -0.2) is 0 Å². The summed E-state index contributed by atoms with van der Waals surface area (Å²) < 4.78 is 66.1. The van der Waals surface area contributed by atoms with Gasteiger partial charge in [-0.1, -0.05) is 39.0 Å². The Morgan fingerprint density at radius 1 is 0.327 bits per heavy atom. The highest BCUT2D eigenvalue weighted by Gasteiger charge is 1.98. The number of unbranched alkanes of at least 4 members (excludes halogenated alkanes) is 5. The van der Waals surface area contributed by atoms with Crippen LogP contribution in [0.15, 0.2) is 24.3 Å². The first-order valence-corrected chi connectivity index (χ1v) is 18.2. The molecule has 13 nitrogen and oxygen atoms in total. The summed E-state index contributed by atoms with van der Waals surface area (Å²) in [4.78, 5) is 0. The molecule has 1 rings (SSSR count). The van der Waals surface area contributed by atoms with Crippen molar-refractivity contribution in [1.82, 2.24) is 0 Å². The molecule has 0 aliphatic heterocycles. The number of hydrogen-bond acceptors (Lipinski definition) is 13. The van der Waals surface area contributed by atoms with Gasteiger partial charge in [0.05, 0.1) is 139 Å². The summed E-state index contributed by atoms with van der Waals surface area (Å²) in [6.45, 7) is 14.7. The Morgan fingerprint density at radius 3 is 0.918 bits per heavy atom. The number of hydrogen-bond donors (Lipinski definition) is 1. The third-order valence-corrected chi connectivity index (χ3v) is 6.74. The average molecular weight is 706 g/mol. The van der Waals surface area contributed by atoms with Gasteiger partial charge in [-0.15, -0.1) is 0 Å². The number of nitrogens with two attached hydrogens (primary N) is 1. The van der Waals surface area contributed by atoms with E-state index in [0.717, 1.165) is 18.8 Å². The molecule has 0 aromatic heterocycles. The van der Waals surface area contributed by atoms with Crippen molar-refractivity contribution in [3.63, 3.8) is 0 Å². The average Bonchev–Trinajstić information content (AvgIpc) is 3.11. The molecule has 0 bridgehead atoms. The van der Waals surface area contributed by atoms with Gasteiger partial charge < -0.3 is 62.6 Å². The van der Waals surface area contributed by atoms with Crippen molar-refractivity contribution in [1.29, 1.82) is 0 Å². The molecule has 288 valence electrons. The first-order valence-electron chi connectivity index (χ1n) is 18.2. The van der Waals surface area contributed by atoms with Crippen LogP contribution in [0.1, 0.15) is 45.4 Å². The van der Waals surface area contributed by atoms with Crippen LogP contribution in [0.2, 0.25) is 0 Å². The monoisotopic (exact) mass is 705 g/mol.